The third-order valence-corrected chi connectivity index (χ3v) is 5.88. The second kappa shape index (κ2) is 5.59. The molecule has 1 aromatic carbocycles. The van der Waals surface area contributed by atoms with Crippen LogP contribution in [-0.4, -0.2) is 36.1 Å². The quantitative estimate of drug-likeness (QED) is 0.546. The Bertz CT molecular complexity index is 891. The normalized spacial score (nSPS) is 19.1. The molecular formula is C12H8BrCl2N3O3S. The Kier molecular flexibility index (Phi) is 4.05. The molecule has 1 unspecified atom stereocenters. The molecule has 0 bridgehead atoms. The SMILES string of the molecule is O=C1CC(S(=O)(=O)Cl)CN1c1nc(Cl)nc2ccc(Br)cc12. The summed E-state index contributed by atoms with van der Waals surface area (Å²) >= 11 is 9.24. The number of amides is 1. The molecule has 0 N–H and O–H groups in total. The first kappa shape index (κ1) is 15.9. The van der Waals surface area contributed by atoms with Crippen molar-refractivity contribution in [3.05, 3.63) is 28.0 Å². The van der Waals surface area contributed by atoms with E-state index in [-0.39, 0.29) is 30.0 Å². The van der Waals surface area contributed by atoms with Gasteiger partial charge in [0, 0.05) is 33.5 Å². The van der Waals surface area contributed by atoms with E-state index in [1.54, 1.807) is 18.2 Å². The van der Waals surface area contributed by atoms with Crippen LogP contribution in [0.25, 0.3) is 10.9 Å². The summed E-state index contributed by atoms with van der Waals surface area (Å²) in [5.41, 5.74) is 0.559. The maximum atomic E-state index is 12.2. The van der Waals surface area contributed by atoms with Gasteiger partial charge >= 0.3 is 0 Å². The van der Waals surface area contributed by atoms with E-state index in [1.807, 2.05) is 0 Å². The van der Waals surface area contributed by atoms with Crippen molar-refractivity contribution < 1.29 is 13.2 Å². The van der Waals surface area contributed by atoms with E-state index in [0.717, 1.165) is 4.47 Å². The van der Waals surface area contributed by atoms with Crippen LogP contribution in [0.5, 0.6) is 0 Å². The van der Waals surface area contributed by atoms with Crippen molar-refractivity contribution in [1.82, 2.24) is 9.97 Å². The van der Waals surface area contributed by atoms with E-state index < -0.39 is 14.3 Å². The van der Waals surface area contributed by atoms with Gasteiger partial charge < -0.3 is 0 Å². The van der Waals surface area contributed by atoms with Crippen molar-refractivity contribution in [3.63, 3.8) is 0 Å². The number of nitrogens with zero attached hydrogens (tertiary/aromatic N) is 3. The van der Waals surface area contributed by atoms with E-state index in [9.17, 15) is 13.2 Å². The molecule has 6 nitrogen and oxygen atoms in total. The number of rotatable bonds is 2. The molecule has 10 heteroatoms. The van der Waals surface area contributed by atoms with Crippen LogP contribution < -0.4 is 4.90 Å². The Morgan fingerprint density at radius 3 is 2.68 bits per heavy atom. The molecule has 0 spiro atoms. The second-order valence-electron chi connectivity index (χ2n) is 4.78. The highest BCUT2D eigenvalue weighted by Crippen LogP contribution is 2.32. The van der Waals surface area contributed by atoms with Crippen LogP contribution in [0.2, 0.25) is 5.28 Å². The van der Waals surface area contributed by atoms with E-state index in [2.05, 4.69) is 25.9 Å². The van der Waals surface area contributed by atoms with Crippen molar-refractivity contribution in [2.45, 2.75) is 11.7 Å². The summed E-state index contributed by atoms with van der Waals surface area (Å²) in [5, 5.41) is -0.382. The molecule has 3 rings (SSSR count). The molecule has 1 aliphatic heterocycles. The van der Waals surface area contributed by atoms with Gasteiger partial charge in [-0.3, -0.25) is 9.69 Å². The minimum Gasteiger partial charge on any atom is -0.295 e. The molecule has 2 aromatic rings. The number of fused-ring (bicyclic) bond motifs is 1. The monoisotopic (exact) mass is 423 g/mol. The Hall–Kier alpha value is -0.960. The van der Waals surface area contributed by atoms with Gasteiger partial charge in [0.2, 0.25) is 20.2 Å². The third kappa shape index (κ3) is 2.92. The fourth-order valence-corrected chi connectivity index (χ4v) is 3.89. The summed E-state index contributed by atoms with van der Waals surface area (Å²) in [7, 11) is 1.54. The smallest absolute Gasteiger partial charge is 0.237 e. The lowest BCUT2D eigenvalue weighted by atomic mass is 10.2. The number of anilines is 1. The lowest BCUT2D eigenvalue weighted by Crippen LogP contribution is -2.28. The molecule has 0 saturated carbocycles. The maximum Gasteiger partial charge on any atom is 0.237 e. The van der Waals surface area contributed by atoms with Gasteiger partial charge in [-0.2, -0.15) is 4.98 Å². The van der Waals surface area contributed by atoms with Gasteiger partial charge in [0.25, 0.3) is 0 Å². The average Bonchev–Trinajstić information content (AvgIpc) is 2.80. The zero-order chi connectivity index (χ0) is 16.1. The average molecular weight is 425 g/mol. The number of hydrogen-bond acceptors (Lipinski definition) is 5. The fraction of sp³-hybridized carbons (Fsp3) is 0.250. The predicted octanol–water partition coefficient (Wildman–Crippen LogP) is 2.72. The number of benzene rings is 1. The first-order chi connectivity index (χ1) is 10.3. The number of carbonyl (C=O) groups excluding carboxylic acids is 1. The van der Waals surface area contributed by atoms with Gasteiger partial charge in [-0.05, 0) is 29.8 Å². The van der Waals surface area contributed by atoms with Crippen LogP contribution in [0.15, 0.2) is 22.7 Å². The molecular weight excluding hydrogens is 417 g/mol. The zero-order valence-corrected chi connectivity index (χ0v) is 14.7. The highest BCUT2D eigenvalue weighted by atomic mass is 79.9. The van der Waals surface area contributed by atoms with Crippen LogP contribution in [0, 0.1) is 0 Å². The van der Waals surface area contributed by atoms with Crippen molar-refractivity contribution >= 4 is 69.9 Å². The van der Waals surface area contributed by atoms with Crippen molar-refractivity contribution in [1.29, 1.82) is 0 Å². The van der Waals surface area contributed by atoms with Gasteiger partial charge in [-0.1, -0.05) is 15.9 Å². The molecule has 0 radical (unpaired) electrons. The van der Waals surface area contributed by atoms with Gasteiger partial charge in [0.05, 0.1) is 5.52 Å². The third-order valence-electron chi connectivity index (χ3n) is 3.35. The number of aromatic nitrogens is 2. The van der Waals surface area contributed by atoms with Crippen LogP contribution in [0.4, 0.5) is 5.82 Å². The maximum absolute atomic E-state index is 12.2. The highest BCUT2D eigenvalue weighted by molar-refractivity contribution is 9.10. The minimum atomic E-state index is -3.82. The number of carbonyl (C=O) groups is 1. The molecule has 116 valence electrons. The first-order valence-electron chi connectivity index (χ1n) is 6.12. The Morgan fingerprint density at radius 1 is 1.32 bits per heavy atom. The second-order valence-corrected chi connectivity index (χ2v) is 8.95. The number of hydrogen-bond donors (Lipinski definition) is 0. The van der Waals surface area contributed by atoms with E-state index in [1.165, 1.54) is 4.90 Å². The summed E-state index contributed by atoms with van der Waals surface area (Å²) < 4.78 is 23.7. The molecule has 1 aromatic heterocycles. The summed E-state index contributed by atoms with van der Waals surface area (Å²) in [6, 6.07) is 5.26. The highest BCUT2D eigenvalue weighted by Gasteiger charge is 2.39. The minimum absolute atomic E-state index is 0.0187. The summed E-state index contributed by atoms with van der Waals surface area (Å²) in [6.45, 7) is -0.0559. The van der Waals surface area contributed by atoms with E-state index >= 15 is 0 Å². The summed E-state index contributed by atoms with van der Waals surface area (Å²) in [5.74, 6) is -0.0885. The Morgan fingerprint density at radius 2 is 2.05 bits per heavy atom. The summed E-state index contributed by atoms with van der Waals surface area (Å²) in [6.07, 6.45) is -0.178. The lowest BCUT2D eigenvalue weighted by Gasteiger charge is -2.17. The molecule has 0 aliphatic carbocycles. The molecule has 1 atom stereocenters. The Labute approximate surface area is 144 Å². The van der Waals surface area contributed by atoms with Crippen molar-refractivity contribution in [2.75, 3.05) is 11.4 Å². The molecule has 22 heavy (non-hydrogen) atoms. The van der Waals surface area contributed by atoms with Crippen LogP contribution in [0.3, 0.4) is 0 Å². The van der Waals surface area contributed by atoms with Gasteiger partial charge in [0.1, 0.15) is 11.1 Å². The first-order valence-corrected chi connectivity index (χ1v) is 9.66. The molecule has 1 amide bonds. The molecule has 1 fully saturated rings. The van der Waals surface area contributed by atoms with Crippen LogP contribution in [0.1, 0.15) is 6.42 Å². The Balaban J connectivity index is 2.14. The van der Waals surface area contributed by atoms with Crippen molar-refractivity contribution in [3.8, 4) is 0 Å². The number of halogens is 3. The zero-order valence-electron chi connectivity index (χ0n) is 10.8. The lowest BCUT2D eigenvalue weighted by molar-refractivity contribution is -0.117. The molecule has 1 saturated heterocycles. The predicted molar refractivity (Wildman–Crippen MR) is 87.8 cm³/mol. The molecule has 1 aliphatic rings. The molecule has 2 heterocycles. The largest absolute Gasteiger partial charge is 0.295 e. The standard InChI is InChI=1S/C12H8BrCl2N3O3S/c13-6-1-2-9-8(3-6)11(17-12(14)16-9)18-5-7(4-10(18)19)22(15,20)21/h1-3,7H,4-5H2. The van der Waals surface area contributed by atoms with E-state index in [0.29, 0.717) is 10.9 Å². The van der Waals surface area contributed by atoms with Gasteiger partial charge in [-0.15, -0.1) is 0 Å². The van der Waals surface area contributed by atoms with Gasteiger partial charge in [-0.25, -0.2) is 13.4 Å². The van der Waals surface area contributed by atoms with E-state index in [4.69, 9.17) is 22.3 Å². The van der Waals surface area contributed by atoms with Crippen LogP contribution >= 0.6 is 38.2 Å². The van der Waals surface area contributed by atoms with Crippen molar-refractivity contribution in [2.24, 2.45) is 0 Å². The van der Waals surface area contributed by atoms with Crippen LogP contribution in [-0.2, 0) is 13.8 Å². The fourth-order valence-electron chi connectivity index (χ4n) is 2.33. The summed E-state index contributed by atoms with van der Waals surface area (Å²) in [4.78, 5) is 21.6. The van der Waals surface area contributed by atoms with Gasteiger partial charge in [0.15, 0.2) is 0 Å². The topological polar surface area (TPSA) is 80.2 Å².